The van der Waals surface area contributed by atoms with E-state index in [1.54, 1.807) is 0 Å². The third kappa shape index (κ3) is 2.74. The van der Waals surface area contributed by atoms with Crippen LogP contribution in [0.3, 0.4) is 0 Å². The van der Waals surface area contributed by atoms with E-state index in [1.165, 1.54) is 6.42 Å². The molecule has 1 heterocycles. The first-order valence-electron chi connectivity index (χ1n) is 6.98. The van der Waals surface area contributed by atoms with Gasteiger partial charge in [0.1, 0.15) is 5.41 Å². The maximum absolute atomic E-state index is 12.6. The van der Waals surface area contributed by atoms with Gasteiger partial charge in [-0.3, -0.25) is 4.79 Å². The second-order valence-electron chi connectivity index (χ2n) is 5.60. The van der Waals surface area contributed by atoms with Crippen molar-refractivity contribution in [2.45, 2.75) is 36.9 Å². The molecule has 0 aromatic heterocycles. The lowest BCUT2D eigenvalue weighted by Gasteiger charge is -2.42. The monoisotopic (exact) mass is 301 g/mol. The quantitative estimate of drug-likeness (QED) is 0.304. The Balaban J connectivity index is 2.03. The number of nitrogens with one attached hydrogen (secondary N) is 1. The molecule has 0 aromatic carbocycles. The zero-order valence-electron chi connectivity index (χ0n) is 11.9. The molecule has 6 nitrogen and oxygen atoms in total. The number of nitrogens with zero attached hydrogens (tertiary/aromatic N) is 1. The number of hydrogen-bond donors (Lipinski definition) is 3. The van der Waals surface area contributed by atoms with Gasteiger partial charge in [-0.2, -0.15) is 11.8 Å². The molecular weight excluding hydrogens is 278 g/mol. The molecule has 4 N–H and O–H groups in total. The number of rotatable bonds is 5. The average molecular weight is 301 g/mol. The highest BCUT2D eigenvalue weighted by molar-refractivity contribution is 8.00. The molecule has 2 aliphatic rings. The number of ether oxygens (including phenoxy) is 1. The van der Waals surface area contributed by atoms with Crippen molar-refractivity contribution < 1.29 is 14.7 Å². The van der Waals surface area contributed by atoms with Gasteiger partial charge in [0.2, 0.25) is 5.91 Å². The fraction of sp³-hybridized carbons (Fsp3) is 0.846. The summed E-state index contributed by atoms with van der Waals surface area (Å²) in [6.07, 6.45) is 6.49. The van der Waals surface area contributed by atoms with Gasteiger partial charge in [-0.05, 0) is 31.9 Å². The first kappa shape index (κ1) is 15.4. The summed E-state index contributed by atoms with van der Waals surface area (Å²) in [5, 5.41) is 15.1. The number of amidine groups is 1. The minimum Gasteiger partial charge on any atom is -0.409 e. The molecule has 1 aliphatic heterocycles. The number of hydrogen-bond acceptors (Lipinski definition) is 5. The van der Waals surface area contributed by atoms with Crippen molar-refractivity contribution in [3.05, 3.63) is 0 Å². The Bertz CT molecular complexity index is 385. The largest absolute Gasteiger partial charge is 0.409 e. The zero-order valence-corrected chi connectivity index (χ0v) is 12.7. The highest BCUT2D eigenvalue weighted by atomic mass is 32.2. The van der Waals surface area contributed by atoms with Crippen molar-refractivity contribution in [1.29, 1.82) is 0 Å². The minimum atomic E-state index is -0.920. The Kier molecular flexibility index (Phi) is 4.80. The number of thioether (sulfide) groups is 1. The maximum atomic E-state index is 12.6. The van der Waals surface area contributed by atoms with Crippen molar-refractivity contribution in [3.63, 3.8) is 0 Å². The van der Waals surface area contributed by atoms with Crippen molar-refractivity contribution in [2.75, 3.05) is 26.0 Å². The summed E-state index contributed by atoms with van der Waals surface area (Å²) >= 11 is 1.81. The van der Waals surface area contributed by atoms with Gasteiger partial charge in [0.15, 0.2) is 5.84 Å². The van der Waals surface area contributed by atoms with Crippen molar-refractivity contribution >= 4 is 23.5 Å². The van der Waals surface area contributed by atoms with Crippen molar-refractivity contribution in [2.24, 2.45) is 16.3 Å². The van der Waals surface area contributed by atoms with E-state index in [-0.39, 0.29) is 16.5 Å². The van der Waals surface area contributed by atoms with Gasteiger partial charge in [0, 0.05) is 24.5 Å². The Morgan fingerprint density at radius 1 is 1.40 bits per heavy atom. The van der Waals surface area contributed by atoms with Gasteiger partial charge >= 0.3 is 0 Å². The summed E-state index contributed by atoms with van der Waals surface area (Å²) in [5.74, 6) is -0.151. The summed E-state index contributed by atoms with van der Waals surface area (Å²) in [7, 11) is 0. The van der Waals surface area contributed by atoms with Crippen LogP contribution in [0.5, 0.6) is 0 Å². The topological polar surface area (TPSA) is 96.9 Å². The molecule has 2 fully saturated rings. The molecule has 0 unspecified atom stereocenters. The number of nitrogens with two attached hydrogens (primary N) is 1. The normalized spacial score (nSPS) is 24.8. The third-order valence-corrected chi connectivity index (χ3v) is 6.07. The zero-order chi connectivity index (χ0) is 14.6. The maximum Gasteiger partial charge on any atom is 0.234 e. The van der Waals surface area contributed by atoms with Crippen molar-refractivity contribution in [1.82, 2.24) is 5.32 Å². The molecule has 20 heavy (non-hydrogen) atoms. The Hall–Kier alpha value is -0.950. The molecular formula is C13H23N3O3S. The van der Waals surface area contributed by atoms with Gasteiger partial charge in [0.05, 0.1) is 0 Å². The summed E-state index contributed by atoms with van der Waals surface area (Å²) < 4.78 is 5.47. The Labute approximate surface area is 123 Å². The predicted octanol–water partition coefficient (Wildman–Crippen LogP) is 0.931. The van der Waals surface area contributed by atoms with Crippen LogP contribution in [-0.2, 0) is 9.53 Å². The summed E-state index contributed by atoms with van der Waals surface area (Å²) in [6, 6.07) is 0. The Morgan fingerprint density at radius 3 is 2.50 bits per heavy atom. The van der Waals surface area contributed by atoms with E-state index in [0.29, 0.717) is 32.6 Å². The van der Waals surface area contributed by atoms with E-state index in [4.69, 9.17) is 15.7 Å². The van der Waals surface area contributed by atoms with Crippen molar-refractivity contribution in [3.8, 4) is 0 Å². The molecule has 1 aliphatic carbocycles. The lowest BCUT2D eigenvalue weighted by atomic mass is 9.77. The van der Waals surface area contributed by atoms with Gasteiger partial charge < -0.3 is 21.0 Å². The predicted molar refractivity (Wildman–Crippen MR) is 79.0 cm³/mol. The van der Waals surface area contributed by atoms with Crippen LogP contribution >= 0.6 is 11.8 Å². The first-order chi connectivity index (χ1) is 9.58. The first-order valence-corrected chi connectivity index (χ1v) is 8.20. The molecule has 0 spiro atoms. The number of amides is 1. The van der Waals surface area contributed by atoms with E-state index in [9.17, 15) is 4.79 Å². The van der Waals surface area contributed by atoms with Crippen LogP contribution in [0.2, 0.25) is 0 Å². The van der Waals surface area contributed by atoms with E-state index in [2.05, 4.69) is 16.7 Å². The minimum absolute atomic E-state index is 0.00916. The average Bonchev–Trinajstić information content (AvgIpc) is 2.46. The van der Waals surface area contributed by atoms with E-state index in [1.807, 2.05) is 11.8 Å². The van der Waals surface area contributed by atoms with Crippen LogP contribution in [0, 0.1) is 5.41 Å². The molecule has 0 atom stereocenters. The van der Waals surface area contributed by atoms with Crippen LogP contribution in [0.25, 0.3) is 0 Å². The van der Waals surface area contributed by atoms with Crippen LogP contribution in [0.4, 0.5) is 0 Å². The molecule has 1 amide bonds. The van der Waals surface area contributed by atoms with Gasteiger partial charge in [0.25, 0.3) is 0 Å². The van der Waals surface area contributed by atoms with E-state index < -0.39 is 5.41 Å². The smallest absolute Gasteiger partial charge is 0.234 e. The number of carbonyl (C=O) groups is 1. The van der Waals surface area contributed by atoms with Crippen LogP contribution in [0.15, 0.2) is 5.16 Å². The van der Waals surface area contributed by atoms with Gasteiger partial charge in [-0.25, -0.2) is 0 Å². The van der Waals surface area contributed by atoms with Crippen LogP contribution < -0.4 is 11.1 Å². The fourth-order valence-corrected chi connectivity index (χ4v) is 3.76. The number of carbonyl (C=O) groups excluding carboxylic acids is 1. The molecule has 114 valence electrons. The highest BCUT2D eigenvalue weighted by Crippen LogP contribution is 2.42. The molecule has 2 rings (SSSR count). The molecule has 1 saturated carbocycles. The van der Waals surface area contributed by atoms with Gasteiger partial charge in [-0.15, -0.1) is 0 Å². The molecule has 0 radical (unpaired) electrons. The highest BCUT2D eigenvalue weighted by Gasteiger charge is 2.45. The third-order valence-electron chi connectivity index (χ3n) is 4.65. The fourth-order valence-electron chi connectivity index (χ4n) is 2.85. The van der Waals surface area contributed by atoms with E-state index >= 15 is 0 Å². The summed E-state index contributed by atoms with van der Waals surface area (Å²) in [5.41, 5.74) is 4.86. The molecule has 0 aromatic rings. The second-order valence-corrected chi connectivity index (χ2v) is 6.88. The van der Waals surface area contributed by atoms with E-state index in [0.717, 1.165) is 12.8 Å². The lowest BCUT2D eigenvalue weighted by Crippen LogP contribution is -2.55. The summed E-state index contributed by atoms with van der Waals surface area (Å²) in [6.45, 7) is 1.56. The molecule has 1 saturated heterocycles. The van der Waals surface area contributed by atoms with Crippen LogP contribution in [-0.4, -0.2) is 47.7 Å². The van der Waals surface area contributed by atoms with Crippen LogP contribution in [0.1, 0.15) is 32.1 Å². The number of oxime groups is 1. The molecule has 7 heteroatoms. The second kappa shape index (κ2) is 6.22. The SMILES string of the molecule is CSC1(CNC(=O)C2(C(N)=NO)CCOCC2)CCC1. The molecule has 0 bridgehead atoms. The Morgan fingerprint density at radius 2 is 2.05 bits per heavy atom. The standard InChI is InChI=1S/C13H23N3O3S/c1-20-12(3-2-4-12)9-15-11(17)13(10(14)16-18)5-7-19-8-6-13/h18H,2-9H2,1H3,(H2,14,16)(H,15,17). The van der Waals surface area contributed by atoms with Gasteiger partial charge in [-0.1, -0.05) is 11.6 Å². The lowest BCUT2D eigenvalue weighted by molar-refractivity contribution is -0.131. The summed E-state index contributed by atoms with van der Waals surface area (Å²) in [4.78, 5) is 12.6.